The summed E-state index contributed by atoms with van der Waals surface area (Å²) < 4.78 is 17.1. The molecule has 0 radical (unpaired) electrons. The highest BCUT2D eigenvalue weighted by atomic mass is 35.5. The molecule has 17 heteroatoms. The first-order valence-corrected chi connectivity index (χ1v) is 13.9. The Kier molecular flexibility index (Phi) is 11.5. The van der Waals surface area contributed by atoms with E-state index in [1.807, 2.05) is 0 Å². The number of hydrogen-bond acceptors (Lipinski definition) is 8. The van der Waals surface area contributed by atoms with Gasteiger partial charge in [0.15, 0.2) is 23.5 Å². The second-order valence-corrected chi connectivity index (χ2v) is 12.6. The number of rotatable bonds is 13. The summed E-state index contributed by atoms with van der Waals surface area (Å²) in [6.45, 7) is 1.76. The normalized spacial score (nSPS) is 17.7. The van der Waals surface area contributed by atoms with Crippen molar-refractivity contribution in [2.75, 3.05) is 11.5 Å². The van der Waals surface area contributed by atoms with Crippen LogP contribution in [0.5, 0.6) is 0 Å². The average Bonchev–Trinajstić information content (AvgIpc) is 2.84. The van der Waals surface area contributed by atoms with Gasteiger partial charge >= 0.3 is 5.97 Å². The van der Waals surface area contributed by atoms with Crippen LogP contribution >= 0.6 is 23.2 Å². The summed E-state index contributed by atoms with van der Waals surface area (Å²) in [6.07, 6.45) is 0.169. The largest absolute Gasteiger partial charge is 0.464 e. The Labute approximate surface area is 254 Å². The number of esters is 1. The van der Waals surface area contributed by atoms with Crippen molar-refractivity contribution in [3.8, 4) is 0 Å². The molecule has 9 nitrogen and oxygen atoms in total. The van der Waals surface area contributed by atoms with Crippen LogP contribution in [-0.4, -0.2) is 106 Å². The van der Waals surface area contributed by atoms with Gasteiger partial charge in [-0.15, -0.1) is 11.6 Å². The van der Waals surface area contributed by atoms with Crippen molar-refractivity contribution in [2.45, 2.75) is 52.7 Å². The topological polar surface area (TPSA) is 145 Å². The lowest BCUT2D eigenvalue weighted by atomic mass is 9.54. The first-order chi connectivity index (χ1) is 18.7. The second kappa shape index (κ2) is 13.4. The highest BCUT2D eigenvalue weighted by Gasteiger charge is 2.54. The van der Waals surface area contributed by atoms with Gasteiger partial charge < -0.3 is 36.0 Å². The van der Waals surface area contributed by atoms with Crippen molar-refractivity contribution in [3.05, 3.63) is 65.5 Å². The van der Waals surface area contributed by atoms with E-state index in [1.54, 1.807) is 46.9 Å². The highest BCUT2D eigenvalue weighted by Crippen LogP contribution is 2.38. The molecule has 0 fully saturated rings. The molecule has 0 saturated heterocycles. The standard InChI is InChI=1S/C24H35B5Cl2FN3O6/c1-2-41-20(37)18(12-14-3-7-15(32)8-4-14)34-19(36)17(33)11-13-5-9-16(10-6-13)35(23(28,39)21(25,26)30)24(29,40)22(27,31)38/h3-10,17-18,38-40H,2,11-12,25-29,33H2,1H3,(H,34,36). The maximum absolute atomic E-state index is 13.3. The summed E-state index contributed by atoms with van der Waals surface area (Å²) in [5.74, 6) is -1.66. The van der Waals surface area contributed by atoms with Crippen LogP contribution in [0.4, 0.5) is 10.1 Å². The van der Waals surface area contributed by atoms with Gasteiger partial charge in [0.25, 0.3) is 0 Å². The molecular formula is C24H35B5Cl2FN3O6. The summed E-state index contributed by atoms with van der Waals surface area (Å²) >= 11 is 12.6. The van der Waals surface area contributed by atoms with Crippen molar-refractivity contribution in [1.82, 2.24) is 5.32 Å². The number of hydrogen-bond donors (Lipinski definition) is 5. The fraction of sp³-hybridized carbons (Fsp3) is 0.417. The van der Waals surface area contributed by atoms with Crippen molar-refractivity contribution in [2.24, 2.45) is 5.73 Å². The number of nitrogens with zero attached hydrogens (tertiary/aromatic N) is 1. The van der Waals surface area contributed by atoms with E-state index in [1.165, 1.54) is 47.8 Å². The zero-order chi connectivity index (χ0) is 31.4. The molecular weight excluding hydrogens is 570 g/mol. The van der Waals surface area contributed by atoms with Gasteiger partial charge in [-0.3, -0.25) is 4.79 Å². The third-order valence-corrected chi connectivity index (χ3v) is 7.81. The molecule has 41 heavy (non-hydrogen) atoms. The summed E-state index contributed by atoms with van der Waals surface area (Å²) in [5, 5.41) is 35.7. The molecule has 0 aliphatic carbocycles. The maximum atomic E-state index is 13.3. The van der Waals surface area contributed by atoms with Crippen LogP contribution in [0.3, 0.4) is 0 Å². The second-order valence-electron chi connectivity index (χ2n) is 10.9. The molecule has 2 rings (SSSR count). The Morgan fingerprint density at radius 2 is 1.44 bits per heavy atom. The van der Waals surface area contributed by atoms with Gasteiger partial charge in [-0.25, -0.2) is 9.18 Å². The Balaban J connectivity index is 2.25. The van der Waals surface area contributed by atoms with Gasteiger partial charge in [0.1, 0.15) is 43.8 Å². The number of ether oxygens (including phenoxy) is 1. The summed E-state index contributed by atoms with van der Waals surface area (Å²) in [7, 11) is 6.91. The van der Waals surface area contributed by atoms with Crippen LogP contribution < -0.4 is 16.0 Å². The molecule has 5 atom stereocenters. The van der Waals surface area contributed by atoms with E-state index in [2.05, 4.69) is 5.32 Å². The Morgan fingerprint density at radius 3 is 1.90 bits per heavy atom. The molecule has 0 aromatic heterocycles. The van der Waals surface area contributed by atoms with Crippen LogP contribution in [-0.2, 0) is 27.2 Å². The molecule has 0 aliphatic rings. The van der Waals surface area contributed by atoms with Gasteiger partial charge in [-0.05, 0) is 48.7 Å². The number of carbonyl (C=O) groups excluding carboxylic acids is 2. The van der Waals surface area contributed by atoms with Gasteiger partial charge in [-0.2, -0.15) is 0 Å². The maximum Gasteiger partial charge on any atom is 0.328 e. The van der Waals surface area contributed by atoms with Crippen molar-refractivity contribution in [3.63, 3.8) is 0 Å². The lowest BCUT2D eigenvalue weighted by Gasteiger charge is -2.56. The minimum Gasteiger partial charge on any atom is -0.464 e. The monoisotopic (exact) mass is 605 g/mol. The summed E-state index contributed by atoms with van der Waals surface area (Å²) in [4.78, 5) is 24.4. The SMILES string of the molecule is BC(B)(Cl)C(B)(O)N(c1ccc(CC(N)C(=O)NC(Cc2ccc(F)cc2)C(=O)OCC)cc1)C(B)(O)C(B)(O)Cl. The molecule has 2 aromatic rings. The van der Waals surface area contributed by atoms with Crippen LogP contribution in [0.2, 0.25) is 0 Å². The van der Waals surface area contributed by atoms with E-state index in [9.17, 15) is 29.3 Å². The molecule has 6 N–H and O–H groups in total. The quantitative estimate of drug-likeness (QED) is 0.0674. The minimum atomic E-state index is -2.19. The number of amides is 1. The number of carbonyl (C=O) groups is 2. The predicted molar refractivity (Wildman–Crippen MR) is 171 cm³/mol. The molecule has 218 valence electrons. The fourth-order valence-electron chi connectivity index (χ4n) is 4.10. The Hall–Kier alpha value is -2.15. The van der Waals surface area contributed by atoms with E-state index >= 15 is 0 Å². The average molecular weight is 606 g/mol. The van der Waals surface area contributed by atoms with E-state index in [0.29, 0.717) is 11.1 Å². The van der Waals surface area contributed by atoms with E-state index < -0.39 is 50.7 Å². The van der Waals surface area contributed by atoms with E-state index in [4.69, 9.17) is 33.7 Å². The molecule has 0 bridgehead atoms. The van der Waals surface area contributed by atoms with Gasteiger partial charge in [-0.1, -0.05) is 35.9 Å². The first-order valence-electron chi connectivity index (χ1n) is 13.1. The molecule has 5 unspecified atom stereocenters. The Morgan fingerprint density at radius 1 is 0.951 bits per heavy atom. The number of alkyl halides is 2. The predicted octanol–water partition coefficient (Wildman–Crippen LogP) is -3.97. The van der Waals surface area contributed by atoms with Crippen molar-refractivity contribution < 1.29 is 34.0 Å². The molecule has 0 saturated carbocycles. The van der Waals surface area contributed by atoms with Gasteiger partial charge in [0.2, 0.25) is 5.91 Å². The third-order valence-electron chi connectivity index (χ3n) is 7.09. The smallest absolute Gasteiger partial charge is 0.328 e. The molecule has 2 aromatic carbocycles. The zero-order valence-corrected chi connectivity index (χ0v) is 25.6. The van der Waals surface area contributed by atoms with Crippen molar-refractivity contribution >= 4 is 80.0 Å². The number of nitrogens with one attached hydrogen (secondary N) is 1. The third kappa shape index (κ3) is 8.69. The first kappa shape index (κ1) is 35.1. The summed E-state index contributed by atoms with van der Waals surface area (Å²) in [6, 6.07) is 9.87. The fourth-order valence-corrected chi connectivity index (χ4v) is 4.26. The van der Waals surface area contributed by atoms with Crippen molar-refractivity contribution in [1.29, 1.82) is 0 Å². The molecule has 0 aliphatic heterocycles. The van der Waals surface area contributed by atoms with Crippen LogP contribution in [0, 0.1) is 5.82 Å². The van der Waals surface area contributed by atoms with E-state index in [0.717, 1.165) is 4.90 Å². The van der Waals surface area contributed by atoms with Crippen LogP contribution in [0.1, 0.15) is 18.1 Å². The zero-order valence-electron chi connectivity index (χ0n) is 24.1. The lowest BCUT2D eigenvalue weighted by Crippen LogP contribution is -2.76. The number of benzene rings is 2. The number of nitrogens with two attached hydrogens (primary N) is 1. The van der Waals surface area contributed by atoms with Gasteiger partial charge in [0, 0.05) is 16.8 Å². The lowest BCUT2D eigenvalue weighted by molar-refractivity contribution is -0.147. The highest BCUT2D eigenvalue weighted by molar-refractivity contribution is 6.66. The summed E-state index contributed by atoms with van der Waals surface area (Å²) in [5.41, 5.74) is 3.61. The molecule has 0 heterocycles. The van der Waals surface area contributed by atoms with Crippen LogP contribution in [0.25, 0.3) is 0 Å². The number of aliphatic hydroxyl groups is 3. The van der Waals surface area contributed by atoms with Gasteiger partial charge in [0.05, 0.1) is 12.6 Å². The molecule has 1 amide bonds. The molecule has 0 spiro atoms. The number of anilines is 1. The minimum absolute atomic E-state index is 0.0826. The number of halogens is 3. The van der Waals surface area contributed by atoms with Crippen LogP contribution in [0.15, 0.2) is 48.5 Å². The van der Waals surface area contributed by atoms with E-state index in [-0.39, 0.29) is 25.1 Å². The Bertz CT molecular complexity index is 1170.